The van der Waals surface area contributed by atoms with Crippen molar-refractivity contribution in [2.75, 3.05) is 6.54 Å². The number of hydrogen-bond donors (Lipinski definition) is 2. The molecule has 1 rings (SSSR count). The van der Waals surface area contributed by atoms with E-state index in [1.165, 1.54) is 11.1 Å². The zero-order valence-corrected chi connectivity index (χ0v) is 15.3. The molecule has 0 atom stereocenters. The summed E-state index contributed by atoms with van der Waals surface area (Å²) in [7, 11) is 0. The van der Waals surface area contributed by atoms with Crippen molar-refractivity contribution in [3.8, 4) is 0 Å². The molecular weight excluding hydrogens is 296 g/mol. The summed E-state index contributed by atoms with van der Waals surface area (Å²) in [6.07, 6.45) is 8.18. The van der Waals surface area contributed by atoms with Crippen LogP contribution < -0.4 is 11.2 Å². The Morgan fingerprint density at radius 1 is 1.17 bits per heavy atom. The zero-order chi connectivity index (χ0) is 18.2. The maximum atomic E-state index is 5.76. The van der Waals surface area contributed by atoms with Crippen LogP contribution in [0.1, 0.15) is 33.3 Å². The van der Waals surface area contributed by atoms with Crippen LogP contribution in [0, 0.1) is 0 Å². The van der Waals surface area contributed by atoms with Gasteiger partial charge < -0.3 is 5.73 Å². The van der Waals surface area contributed by atoms with E-state index in [2.05, 4.69) is 34.2 Å². The second-order valence-corrected chi connectivity index (χ2v) is 4.99. The molecule has 0 saturated heterocycles. The van der Waals surface area contributed by atoms with Gasteiger partial charge in [-0.15, -0.1) is 0 Å². The lowest BCUT2D eigenvalue weighted by Crippen LogP contribution is -2.27. The Kier molecular flexibility index (Phi) is 12.5. The third-order valence-corrected chi connectivity index (χ3v) is 2.76. The van der Waals surface area contributed by atoms with E-state index in [-0.39, 0.29) is 0 Å². The molecule has 0 aliphatic rings. The first-order valence-corrected chi connectivity index (χ1v) is 8.22. The first kappa shape index (κ1) is 21.4. The number of allylic oxidation sites excluding steroid dienone is 5. The van der Waals surface area contributed by atoms with Crippen molar-refractivity contribution in [2.45, 2.75) is 34.1 Å². The molecule has 4 heteroatoms. The Morgan fingerprint density at radius 3 is 2.42 bits per heavy atom. The van der Waals surface area contributed by atoms with Gasteiger partial charge in [0.2, 0.25) is 5.96 Å². The normalized spacial score (nSPS) is 11.5. The minimum absolute atomic E-state index is 0.304. The van der Waals surface area contributed by atoms with Gasteiger partial charge in [0, 0.05) is 6.54 Å². The lowest BCUT2D eigenvalue weighted by molar-refractivity contribution is 0.926. The van der Waals surface area contributed by atoms with Crippen LogP contribution in [0.5, 0.6) is 0 Å². The molecule has 0 aliphatic carbocycles. The number of nitrogens with one attached hydrogen (secondary N) is 1. The first-order valence-electron chi connectivity index (χ1n) is 8.22. The average molecular weight is 326 g/mol. The minimum atomic E-state index is 0.304. The molecule has 0 saturated carbocycles. The molecule has 0 bridgehead atoms. The number of rotatable bonds is 7. The smallest absolute Gasteiger partial charge is 0.209 e. The molecule has 0 heterocycles. The predicted molar refractivity (Wildman–Crippen MR) is 107 cm³/mol. The predicted octanol–water partition coefficient (Wildman–Crippen LogP) is 4.22. The van der Waals surface area contributed by atoms with Crippen LogP contribution in [-0.2, 0) is 6.42 Å². The second kappa shape index (κ2) is 14.0. The van der Waals surface area contributed by atoms with E-state index in [1.807, 2.05) is 58.0 Å². The van der Waals surface area contributed by atoms with Crippen molar-refractivity contribution in [3.63, 3.8) is 0 Å². The topological polar surface area (TPSA) is 62.8 Å². The molecule has 4 nitrogen and oxygen atoms in total. The molecule has 130 valence electrons. The average Bonchev–Trinajstić information content (AvgIpc) is 2.60. The molecule has 0 unspecified atom stereocenters. The van der Waals surface area contributed by atoms with E-state index in [0.29, 0.717) is 12.5 Å². The summed E-state index contributed by atoms with van der Waals surface area (Å²) in [5, 5.41) is 4.05. The van der Waals surface area contributed by atoms with Gasteiger partial charge in [-0.1, -0.05) is 74.6 Å². The third-order valence-electron chi connectivity index (χ3n) is 2.76. The largest absolute Gasteiger partial charge is 0.369 e. The highest BCUT2D eigenvalue weighted by atomic mass is 15.3. The van der Waals surface area contributed by atoms with Gasteiger partial charge in [-0.3, -0.25) is 4.99 Å². The zero-order valence-electron chi connectivity index (χ0n) is 15.3. The Labute approximate surface area is 146 Å². The SMILES string of the molecule is C=CC(/C=N/NC(N)=NCCc1ccccc1)=C\C=C(C)C.CC. The van der Waals surface area contributed by atoms with Crippen LogP contribution >= 0.6 is 0 Å². The fourth-order valence-electron chi connectivity index (χ4n) is 1.59. The molecule has 0 amide bonds. The summed E-state index contributed by atoms with van der Waals surface area (Å²) in [5.41, 5.74) is 11.8. The standard InChI is InChI=1S/C18H24N4.C2H6/c1-4-16(11-10-15(2)3)14-21-22-18(19)20-13-12-17-8-6-5-7-9-17;1-2/h4-11,14H,1,12-13H2,2-3H3,(H3,19,20,22);1-2H3/b16-11+,21-14+;. The van der Waals surface area contributed by atoms with Gasteiger partial charge in [0.15, 0.2) is 0 Å². The summed E-state index contributed by atoms with van der Waals surface area (Å²) in [4.78, 5) is 4.23. The Balaban J connectivity index is 0.00000254. The lowest BCUT2D eigenvalue weighted by atomic mass is 10.2. The minimum Gasteiger partial charge on any atom is -0.369 e. The van der Waals surface area contributed by atoms with Gasteiger partial charge in [0.1, 0.15) is 0 Å². The van der Waals surface area contributed by atoms with Gasteiger partial charge >= 0.3 is 0 Å². The van der Waals surface area contributed by atoms with Gasteiger partial charge in [0.25, 0.3) is 0 Å². The maximum absolute atomic E-state index is 5.76. The number of guanidine groups is 1. The molecule has 0 radical (unpaired) electrons. The molecule has 1 aromatic carbocycles. The Bertz CT molecular complexity index is 577. The van der Waals surface area contributed by atoms with Gasteiger partial charge in [0.05, 0.1) is 6.21 Å². The van der Waals surface area contributed by atoms with Crippen molar-refractivity contribution < 1.29 is 0 Å². The molecule has 3 N–H and O–H groups in total. The fourth-order valence-corrected chi connectivity index (χ4v) is 1.59. The Morgan fingerprint density at radius 2 is 1.83 bits per heavy atom. The molecule has 0 fully saturated rings. The Hall–Kier alpha value is -2.62. The third kappa shape index (κ3) is 11.0. The summed E-state index contributed by atoms with van der Waals surface area (Å²) < 4.78 is 0. The molecule has 24 heavy (non-hydrogen) atoms. The monoisotopic (exact) mass is 326 g/mol. The number of hydrazone groups is 1. The number of nitrogens with two attached hydrogens (primary N) is 1. The quantitative estimate of drug-likeness (QED) is 0.341. The van der Waals surface area contributed by atoms with Crippen molar-refractivity contribution >= 4 is 12.2 Å². The first-order chi connectivity index (χ1) is 11.6. The highest BCUT2D eigenvalue weighted by Gasteiger charge is 1.92. The summed E-state index contributed by atoms with van der Waals surface area (Å²) >= 11 is 0. The van der Waals surface area contributed by atoms with Crippen LogP contribution in [0.3, 0.4) is 0 Å². The van der Waals surface area contributed by atoms with Crippen molar-refractivity contribution in [1.29, 1.82) is 0 Å². The van der Waals surface area contributed by atoms with Gasteiger partial charge in [-0.25, -0.2) is 5.43 Å². The van der Waals surface area contributed by atoms with Gasteiger partial charge in [-0.05, 0) is 31.4 Å². The highest BCUT2D eigenvalue weighted by molar-refractivity contribution is 5.84. The summed E-state index contributed by atoms with van der Waals surface area (Å²) in [6.45, 7) is 12.4. The van der Waals surface area contributed by atoms with Crippen molar-refractivity contribution in [3.05, 3.63) is 71.8 Å². The fraction of sp³-hybridized carbons (Fsp3) is 0.300. The van der Waals surface area contributed by atoms with Crippen LogP contribution in [0.4, 0.5) is 0 Å². The number of nitrogens with zero attached hydrogens (tertiary/aromatic N) is 2. The van der Waals surface area contributed by atoms with Gasteiger partial charge in [-0.2, -0.15) is 5.10 Å². The van der Waals surface area contributed by atoms with E-state index in [0.717, 1.165) is 12.0 Å². The maximum Gasteiger partial charge on any atom is 0.209 e. The van der Waals surface area contributed by atoms with Crippen molar-refractivity contribution in [1.82, 2.24) is 5.43 Å². The van der Waals surface area contributed by atoms with Crippen LogP contribution in [0.2, 0.25) is 0 Å². The molecule has 0 spiro atoms. The number of aliphatic imine (C=N–C) groups is 1. The molecule has 1 aromatic rings. The van der Waals surface area contributed by atoms with Crippen LogP contribution in [0.25, 0.3) is 0 Å². The number of benzene rings is 1. The summed E-state index contributed by atoms with van der Waals surface area (Å²) in [5.74, 6) is 0.304. The molecule has 0 aromatic heterocycles. The van der Waals surface area contributed by atoms with E-state index < -0.39 is 0 Å². The highest BCUT2D eigenvalue weighted by Crippen LogP contribution is 1.99. The van der Waals surface area contributed by atoms with E-state index in [1.54, 1.807) is 12.3 Å². The lowest BCUT2D eigenvalue weighted by Gasteiger charge is -2.00. The summed E-state index contributed by atoms with van der Waals surface area (Å²) in [6, 6.07) is 10.2. The van der Waals surface area contributed by atoms with E-state index in [9.17, 15) is 0 Å². The van der Waals surface area contributed by atoms with Crippen LogP contribution in [-0.4, -0.2) is 18.7 Å². The number of hydrogen-bond acceptors (Lipinski definition) is 2. The van der Waals surface area contributed by atoms with E-state index >= 15 is 0 Å². The van der Waals surface area contributed by atoms with E-state index in [4.69, 9.17) is 5.73 Å². The molecular formula is C20H30N4. The molecule has 0 aliphatic heterocycles. The van der Waals surface area contributed by atoms with Crippen LogP contribution in [0.15, 0.2) is 76.4 Å². The van der Waals surface area contributed by atoms with Crippen molar-refractivity contribution in [2.24, 2.45) is 15.8 Å². The second-order valence-electron chi connectivity index (χ2n) is 4.99.